The van der Waals surface area contributed by atoms with Gasteiger partial charge in [0.05, 0.1) is 0 Å². The molecule has 0 aliphatic carbocycles. The number of unbranched alkanes of at least 4 members (excludes halogenated alkanes) is 45. The van der Waals surface area contributed by atoms with Crippen molar-refractivity contribution in [3.05, 3.63) is 24.3 Å². The summed E-state index contributed by atoms with van der Waals surface area (Å²) in [5, 5.41) is 0. The molecule has 0 saturated carbocycles. The molecule has 6 heteroatoms. The lowest BCUT2D eigenvalue weighted by molar-refractivity contribution is -0.167. The lowest BCUT2D eigenvalue weighted by Crippen LogP contribution is -2.30. The molecule has 0 saturated heterocycles. The Morgan fingerprint density at radius 3 is 0.694 bits per heavy atom. The molecule has 0 rings (SSSR count). The predicted octanol–water partition coefficient (Wildman–Crippen LogP) is 21.8. The summed E-state index contributed by atoms with van der Waals surface area (Å²) in [4.78, 5) is 38.3. The molecule has 0 radical (unpaired) electrons. The molecule has 0 bridgehead atoms. The van der Waals surface area contributed by atoms with E-state index in [1.54, 1.807) is 0 Å². The van der Waals surface area contributed by atoms with Gasteiger partial charge in [0.25, 0.3) is 0 Å². The summed E-state index contributed by atoms with van der Waals surface area (Å²) in [6.07, 6.45) is 73.3. The van der Waals surface area contributed by atoms with E-state index in [1.807, 2.05) is 0 Å². The summed E-state index contributed by atoms with van der Waals surface area (Å²) >= 11 is 0. The average Bonchev–Trinajstić information content (AvgIpc) is 3.38. The number of esters is 3. The van der Waals surface area contributed by atoms with Crippen LogP contribution < -0.4 is 0 Å². The van der Waals surface area contributed by atoms with E-state index in [-0.39, 0.29) is 31.1 Å². The summed E-state index contributed by atoms with van der Waals surface area (Å²) < 4.78 is 16.9. The molecule has 72 heavy (non-hydrogen) atoms. The molecule has 0 fully saturated rings. The number of rotatable bonds is 60. The molecular weight excluding hydrogens is 889 g/mol. The van der Waals surface area contributed by atoms with Crippen molar-refractivity contribution in [1.29, 1.82) is 0 Å². The summed E-state index contributed by atoms with van der Waals surface area (Å²) in [7, 11) is 0. The van der Waals surface area contributed by atoms with E-state index in [2.05, 4.69) is 45.1 Å². The first-order valence-electron chi connectivity index (χ1n) is 32.3. The highest BCUT2D eigenvalue weighted by Crippen LogP contribution is 2.17. The second-order valence-corrected chi connectivity index (χ2v) is 22.0. The fourth-order valence-corrected chi connectivity index (χ4v) is 9.79. The molecular formula is C66H124O6. The van der Waals surface area contributed by atoms with Crippen molar-refractivity contribution in [3.63, 3.8) is 0 Å². The topological polar surface area (TPSA) is 78.9 Å². The van der Waals surface area contributed by atoms with Gasteiger partial charge in [0, 0.05) is 19.3 Å². The van der Waals surface area contributed by atoms with Crippen molar-refractivity contribution in [2.45, 2.75) is 367 Å². The molecule has 0 heterocycles. The first kappa shape index (κ1) is 69.9. The third-order valence-corrected chi connectivity index (χ3v) is 14.7. The maximum absolute atomic E-state index is 12.9. The third kappa shape index (κ3) is 58.8. The second kappa shape index (κ2) is 61.4. The fourth-order valence-electron chi connectivity index (χ4n) is 9.79. The van der Waals surface area contributed by atoms with Gasteiger partial charge in [-0.25, -0.2) is 0 Å². The number of allylic oxidation sites excluding steroid dienone is 4. The Balaban J connectivity index is 4.28. The summed E-state index contributed by atoms with van der Waals surface area (Å²) in [5.74, 6) is -0.852. The van der Waals surface area contributed by atoms with Crippen molar-refractivity contribution >= 4 is 17.9 Å². The molecule has 0 aliphatic rings. The molecule has 0 amide bonds. The molecule has 1 unspecified atom stereocenters. The molecule has 424 valence electrons. The fraction of sp³-hybridized carbons (Fsp3) is 0.894. The smallest absolute Gasteiger partial charge is 0.306 e. The first-order valence-corrected chi connectivity index (χ1v) is 32.3. The van der Waals surface area contributed by atoms with Gasteiger partial charge < -0.3 is 14.2 Å². The van der Waals surface area contributed by atoms with Crippen LogP contribution in [0.5, 0.6) is 0 Å². The van der Waals surface area contributed by atoms with Crippen LogP contribution in [0.4, 0.5) is 0 Å². The highest BCUT2D eigenvalue weighted by atomic mass is 16.6. The largest absolute Gasteiger partial charge is 0.462 e. The van der Waals surface area contributed by atoms with Crippen LogP contribution in [0.1, 0.15) is 361 Å². The van der Waals surface area contributed by atoms with E-state index in [0.717, 1.165) is 64.2 Å². The maximum atomic E-state index is 12.9. The van der Waals surface area contributed by atoms with Gasteiger partial charge in [-0.15, -0.1) is 0 Å². The number of ether oxygens (including phenoxy) is 3. The Hall–Kier alpha value is -2.11. The van der Waals surface area contributed by atoms with Crippen LogP contribution in [-0.2, 0) is 28.6 Å². The number of hydrogen-bond donors (Lipinski definition) is 0. The van der Waals surface area contributed by atoms with Gasteiger partial charge in [0.1, 0.15) is 13.2 Å². The van der Waals surface area contributed by atoms with Crippen LogP contribution in [-0.4, -0.2) is 37.2 Å². The normalized spacial score (nSPS) is 12.1. The van der Waals surface area contributed by atoms with Crippen LogP contribution in [0.2, 0.25) is 0 Å². The van der Waals surface area contributed by atoms with Crippen molar-refractivity contribution in [2.24, 2.45) is 0 Å². The molecule has 6 nitrogen and oxygen atoms in total. The highest BCUT2D eigenvalue weighted by molar-refractivity contribution is 5.71. The standard InChI is InChI=1S/C66H124O6/c1-4-7-10-13-16-19-22-25-28-30-31-32-33-34-35-36-39-41-44-47-50-53-56-59-65(68)71-62-63(61-70-64(67)58-55-52-49-46-43-40-37-27-24-21-18-15-12-9-6-3)72-66(69)60-57-54-51-48-45-42-38-29-26-23-20-17-14-11-8-5-2/h27,30-31,37,63H,4-26,28-29,32-36,38-62H2,1-3H3/b31-30-,37-27-. The average molecular weight is 1010 g/mol. The van der Waals surface area contributed by atoms with Gasteiger partial charge in [0.15, 0.2) is 6.10 Å². The highest BCUT2D eigenvalue weighted by Gasteiger charge is 2.19. The molecule has 0 aromatic rings. The van der Waals surface area contributed by atoms with E-state index in [9.17, 15) is 14.4 Å². The summed E-state index contributed by atoms with van der Waals surface area (Å²) in [5.41, 5.74) is 0. The molecule has 0 N–H and O–H groups in total. The number of carbonyl (C=O) groups is 3. The van der Waals surface area contributed by atoms with Gasteiger partial charge in [-0.05, 0) is 70.6 Å². The predicted molar refractivity (Wildman–Crippen MR) is 312 cm³/mol. The number of hydrogen-bond acceptors (Lipinski definition) is 6. The Morgan fingerprint density at radius 1 is 0.264 bits per heavy atom. The zero-order valence-corrected chi connectivity index (χ0v) is 48.7. The Bertz CT molecular complexity index is 1160. The van der Waals surface area contributed by atoms with Gasteiger partial charge >= 0.3 is 17.9 Å². The second-order valence-electron chi connectivity index (χ2n) is 22.0. The molecule has 1 atom stereocenters. The monoisotopic (exact) mass is 1010 g/mol. The van der Waals surface area contributed by atoms with Crippen LogP contribution >= 0.6 is 0 Å². The first-order chi connectivity index (χ1) is 35.5. The van der Waals surface area contributed by atoms with E-state index in [4.69, 9.17) is 14.2 Å². The van der Waals surface area contributed by atoms with Gasteiger partial charge in [0.2, 0.25) is 0 Å². The Labute approximate surface area is 449 Å². The number of carbonyl (C=O) groups excluding carboxylic acids is 3. The third-order valence-electron chi connectivity index (χ3n) is 14.7. The Kier molecular flexibility index (Phi) is 59.6. The minimum atomic E-state index is -0.772. The minimum absolute atomic E-state index is 0.0692. The van der Waals surface area contributed by atoms with E-state index < -0.39 is 6.10 Å². The van der Waals surface area contributed by atoms with Crippen molar-refractivity contribution in [2.75, 3.05) is 13.2 Å². The van der Waals surface area contributed by atoms with Crippen LogP contribution in [0.25, 0.3) is 0 Å². The van der Waals surface area contributed by atoms with E-state index in [0.29, 0.717) is 19.3 Å². The minimum Gasteiger partial charge on any atom is -0.462 e. The zero-order chi connectivity index (χ0) is 52.2. The van der Waals surface area contributed by atoms with Crippen LogP contribution in [0.3, 0.4) is 0 Å². The molecule has 0 aliphatic heterocycles. The van der Waals surface area contributed by atoms with E-state index >= 15 is 0 Å². The molecule has 0 aromatic carbocycles. The van der Waals surface area contributed by atoms with Gasteiger partial charge in [-0.1, -0.05) is 295 Å². The van der Waals surface area contributed by atoms with Crippen molar-refractivity contribution in [3.8, 4) is 0 Å². The SMILES string of the molecule is CCCCCCCC/C=C\CCCCCCCC(=O)OCC(COC(=O)CCCCCCCCCCCCC/C=C\CCCCCCCCCC)OC(=O)CCCCCCCCCCCCCCCCCC. The van der Waals surface area contributed by atoms with Gasteiger partial charge in [-0.2, -0.15) is 0 Å². The quantitative estimate of drug-likeness (QED) is 0.0261. The van der Waals surface area contributed by atoms with Crippen molar-refractivity contribution in [1.82, 2.24) is 0 Å². The summed E-state index contributed by atoms with van der Waals surface area (Å²) in [6.45, 7) is 6.69. The van der Waals surface area contributed by atoms with Crippen LogP contribution in [0, 0.1) is 0 Å². The van der Waals surface area contributed by atoms with Crippen molar-refractivity contribution < 1.29 is 28.6 Å². The molecule has 0 spiro atoms. The van der Waals surface area contributed by atoms with Gasteiger partial charge in [-0.3, -0.25) is 14.4 Å². The molecule has 0 aromatic heterocycles. The maximum Gasteiger partial charge on any atom is 0.306 e. The summed E-state index contributed by atoms with van der Waals surface area (Å²) in [6, 6.07) is 0. The lowest BCUT2D eigenvalue weighted by Gasteiger charge is -2.18. The Morgan fingerprint density at radius 2 is 0.458 bits per heavy atom. The van der Waals surface area contributed by atoms with E-state index in [1.165, 1.54) is 257 Å². The lowest BCUT2D eigenvalue weighted by atomic mass is 10.0. The van der Waals surface area contributed by atoms with Crippen LogP contribution in [0.15, 0.2) is 24.3 Å². The zero-order valence-electron chi connectivity index (χ0n) is 48.7.